The van der Waals surface area contributed by atoms with E-state index in [-0.39, 0.29) is 6.04 Å². The summed E-state index contributed by atoms with van der Waals surface area (Å²) in [7, 11) is 0. The highest BCUT2D eigenvalue weighted by Crippen LogP contribution is 2.40. The maximum absolute atomic E-state index is 5.86. The normalized spacial score (nSPS) is 29.8. The lowest BCUT2D eigenvalue weighted by Gasteiger charge is -2.29. The largest absolute Gasteiger partial charge is 0.368 e. The zero-order chi connectivity index (χ0) is 11.1. The first-order valence-corrected chi connectivity index (χ1v) is 6.36. The summed E-state index contributed by atoms with van der Waals surface area (Å²) in [5.74, 6) is 0.957. The van der Waals surface area contributed by atoms with Crippen LogP contribution in [0.15, 0.2) is 24.3 Å². The van der Waals surface area contributed by atoms with Gasteiger partial charge in [-0.15, -0.1) is 0 Å². The molecule has 1 aliphatic heterocycles. The van der Waals surface area contributed by atoms with Crippen molar-refractivity contribution in [3.63, 3.8) is 0 Å². The topological polar surface area (TPSA) is 29.3 Å². The van der Waals surface area contributed by atoms with Gasteiger partial charge in [0.1, 0.15) is 0 Å². The number of piperidine rings is 1. The van der Waals surface area contributed by atoms with Crippen LogP contribution >= 0.6 is 0 Å². The van der Waals surface area contributed by atoms with Gasteiger partial charge in [-0.2, -0.15) is 0 Å². The second-order valence-electron chi connectivity index (χ2n) is 5.37. The Morgan fingerprint density at radius 2 is 2.00 bits per heavy atom. The molecular weight excluding hydrogens is 196 g/mol. The fraction of sp³-hybridized carbons (Fsp3) is 0.571. The van der Waals surface area contributed by atoms with E-state index < -0.39 is 0 Å². The van der Waals surface area contributed by atoms with Crippen molar-refractivity contribution in [2.75, 3.05) is 11.4 Å². The van der Waals surface area contributed by atoms with Crippen molar-refractivity contribution in [3.8, 4) is 0 Å². The van der Waals surface area contributed by atoms with Crippen molar-refractivity contribution in [1.82, 2.24) is 0 Å². The zero-order valence-corrected chi connectivity index (χ0v) is 9.89. The van der Waals surface area contributed by atoms with E-state index in [2.05, 4.69) is 29.2 Å². The maximum atomic E-state index is 5.86. The highest BCUT2D eigenvalue weighted by atomic mass is 15.2. The highest BCUT2D eigenvalue weighted by Gasteiger charge is 2.37. The van der Waals surface area contributed by atoms with Crippen LogP contribution in [0.3, 0.4) is 0 Å². The third-order valence-corrected chi connectivity index (χ3v) is 4.16. The van der Waals surface area contributed by atoms with E-state index in [0.29, 0.717) is 0 Å². The Morgan fingerprint density at radius 1 is 1.25 bits per heavy atom. The minimum Gasteiger partial charge on any atom is -0.368 e. The Kier molecular flexibility index (Phi) is 2.40. The van der Waals surface area contributed by atoms with Gasteiger partial charge in [-0.05, 0) is 49.8 Å². The Balaban J connectivity index is 1.80. The molecule has 2 N–H and O–H groups in total. The maximum Gasteiger partial charge on any atom is 0.0369 e. The highest BCUT2D eigenvalue weighted by molar-refractivity contribution is 5.50. The van der Waals surface area contributed by atoms with Crippen molar-refractivity contribution < 1.29 is 0 Å². The molecule has 86 valence electrons. The van der Waals surface area contributed by atoms with Crippen LogP contribution < -0.4 is 10.6 Å². The minimum absolute atomic E-state index is 0.143. The molecule has 1 aliphatic carbocycles. The van der Waals surface area contributed by atoms with E-state index in [1.54, 1.807) is 0 Å². The number of benzene rings is 1. The van der Waals surface area contributed by atoms with Gasteiger partial charge in [-0.1, -0.05) is 12.1 Å². The van der Waals surface area contributed by atoms with E-state index >= 15 is 0 Å². The lowest BCUT2D eigenvalue weighted by Crippen LogP contribution is -2.31. The van der Waals surface area contributed by atoms with Crippen LogP contribution in [0, 0.1) is 5.92 Å². The molecule has 3 rings (SSSR count). The molecule has 3 atom stereocenters. The molecule has 0 radical (unpaired) electrons. The van der Waals surface area contributed by atoms with Gasteiger partial charge in [-0.25, -0.2) is 0 Å². The van der Waals surface area contributed by atoms with E-state index in [9.17, 15) is 0 Å². The monoisotopic (exact) mass is 216 g/mol. The van der Waals surface area contributed by atoms with E-state index in [4.69, 9.17) is 5.73 Å². The fourth-order valence-corrected chi connectivity index (χ4v) is 3.21. The van der Waals surface area contributed by atoms with E-state index in [1.807, 2.05) is 6.92 Å². The summed E-state index contributed by atoms with van der Waals surface area (Å²) in [5.41, 5.74) is 8.48. The molecule has 0 aromatic heterocycles. The third kappa shape index (κ3) is 1.61. The van der Waals surface area contributed by atoms with Gasteiger partial charge in [0.05, 0.1) is 0 Å². The zero-order valence-electron chi connectivity index (χ0n) is 9.89. The first kappa shape index (κ1) is 10.2. The standard InChI is InChI=1S/C14H20N2/c1-10(15)12-3-6-13(7-4-12)16-9-11-2-5-14(16)8-11/h3-4,6-7,10-11,14H,2,5,8-9,15H2,1H3. The summed E-state index contributed by atoms with van der Waals surface area (Å²) in [6.45, 7) is 3.30. The average molecular weight is 216 g/mol. The molecule has 2 heteroatoms. The summed E-state index contributed by atoms with van der Waals surface area (Å²) in [6, 6.07) is 9.77. The van der Waals surface area contributed by atoms with Crippen LogP contribution in [-0.4, -0.2) is 12.6 Å². The van der Waals surface area contributed by atoms with Crippen LogP contribution in [0.25, 0.3) is 0 Å². The quantitative estimate of drug-likeness (QED) is 0.823. The molecule has 1 saturated carbocycles. The molecule has 2 bridgehead atoms. The first-order chi connectivity index (χ1) is 7.74. The van der Waals surface area contributed by atoms with Gasteiger partial charge in [0.25, 0.3) is 0 Å². The SMILES string of the molecule is CC(N)c1ccc(N2CC3CCC2C3)cc1. The van der Waals surface area contributed by atoms with Crippen molar-refractivity contribution in [3.05, 3.63) is 29.8 Å². The fourth-order valence-electron chi connectivity index (χ4n) is 3.21. The molecule has 1 aromatic carbocycles. The van der Waals surface area contributed by atoms with Crippen LogP contribution in [0.5, 0.6) is 0 Å². The number of fused-ring (bicyclic) bond motifs is 2. The number of rotatable bonds is 2. The van der Waals surface area contributed by atoms with Gasteiger partial charge in [-0.3, -0.25) is 0 Å². The number of anilines is 1. The molecule has 1 saturated heterocycles. The Labute approximate surface area is 97.4 Å². The number of hydrogen-bond acceptors (Lipinski definition) is 2. The van der Waals surface area contributed by atoms with E-state index in [1.165, 1.54) is 37.1 Å². The molecular formula is C14H20N2. The third-order valence-electron chi connectivity index (χ3n) is 4.16. The van der Waals surface area contributed by atoms with Crippen molar-refractivity contribution in [2.45, 2.75) is 38.3 Å². The van der Waals surface area contributed by atoms with Gasteiger partial charge >= 0.3 is 0 Å². The number of hydrogen-bond donors (Lipinski definition) is 1. The Bertz CT molecular complexity index is 369. The van der Waals surface area contributed by atoms with Crippen molar-refractivity contribution in [1.29, 1.82) is 0 Å². The van der Waals surface area contributed by atoms with Gasteiger partial charge in [0, 0.05) is 24.3 Å². The van der Waals surface area contributed by atoms with Crippen molar-refractivity contribution in [2.24, 2.45) is 11.7 Å². The van der Waals surface area contributed by atoms with Crippen molar-refractivity contribution >= 4 is 5.69 Å². The predicted molar refractivity (Wildman–Crippen MR) is 67.5 cm³/mol. The molecule has 0 amide bonds. The van der Waals surface area contributed by atoms with Crippen LogP contribution in [0.4, 0.5) is 5.69 Å². The Morgan fingerprint density at radius 3 is 2.50 bits per heavy atom. The number of nitrogens with two attached hydrogens (primary N) is 1. The molecule has 1 aromatic rings. The number of nitrogens with zero attached hydrogens (tertiary/aromatic N) is 1. The average Bonchev–Trinajstić information content (AvgIpc) is 2.91. The van der Waals surface area contributed by atoms with Gasteiger partial charge < -0.3 is 10.6 Å². The smallest absolute Gasteiger partial charge is 0.0369 e. The second-order valence-corrected chi connectivity index (χ2v) is 5.37. The lowest BCUT2D eigenvalue weighted by molar-refractivity contribution is 0.553. The molecule has 0 spiro atoms. The minimum atomic E-state index is 0.143. The second kappa shape index (κ2) is 3.77. The van der Waals surface area contributed by atoms with Gasteiger partial charge in [0.15, 0.2) is 0 Å². The molecule has 2 nitrogen and oxygen atoms in total. The molecule has 2 fully saturated rings. The Hall–Kier alpha value is -1.02. The summed E-state index contributed by atoms with van der Waals surface area (Å²) in [4.78, 5) is 2.58. The molecule has 1 heterocycles. The summed E-state index contributed by atoms with van der Waals surface area (Å²) < 4.78 is 0. The molecule has 2 aliphatic rings. The van der Waals surface area contributed by atoms with Crippen LogP contribution in [-0.2, 0) is 0 Å². The lowest BCUT2D eigenvalue weighted by atomic mass is 10.1. The summed E-state index contributed by atoms with van der Waals surface area (Å²) in [5, 5.41) is 0. The summed E-state index contributed by atoms with van der Waals surface area (Å²) >= 11 is 0. The van der Waals surface area contributed by atoms with Gasteiger partial charge in [0.2, 0.25) is 0 Å². The van der Waals surface area contributed by atoms with Crippen LogP contribution in [0.2, 0.25) is 0 Å². The van der Waals surface area contributed by atoms with Crippen LogP contribution in [0.1, 0.15) is 37.8 Å². The molecule has 3 unspecified atom stereocenters. The predicted octanol–water partition coefficient (Wildman–Crippen LogP) is 2.70. The first-order valence-electron chi connectivity index (χ1n) is 6.36. The summed E-state index contributed by atoms with van der Waals surface area (Å²) in [6.07, 6.45) is 4.24. The van der Waals surface area contributed by atoms with E-state index in [0.717, 1.165) is 12.0 Å². The molecule has 16 heavy (non-hydrogen) atoms.